The van der Waals surface area contributed by atoms with Gasteiger partial charge < -0.3 is 10.2 Å². The van der Waals surface area contributed by atoms with Crippen molar-refractivity contribution in [1.82, 2.24) is 10.2 Å². The van der Waals surface area contributed by atoms with Crippen LogP contribution in [0.25, 0.3) is 0 Å². The van der Waals surface area contributed by atoms with E-state index >= 15 is 0 Å². The average molecular weight is 299 g/mol. The first-order valence-electron chi connectivity index (χ1n) is 6.23. The van der Waals surface area contributed by atoms with Gasteiger partial charge in [0.05, 0.1) is 11.9 Å². The predicted molar refractivity (Wildman–Crippen MR) is 80.5 cm³/mol. The highest BCUT2D eigenvalue weighted by Gasteiger charge is 2.14. The molecule has 112 valence electrons. The van der Waals surface area contributed by atoms with Gasteiger partial charge in [0.25, 0.3) is 5.91 Å². The third kappa shape index (κ3) is 4.82. The summed E-state index contributed by atoms with van der Waals surface area (Å²) in [6, 6.07) is 4.99. The van der Waals surface area contributed by atoms with E-state index in [0.717, 1.165) is 11.8 Å². The fraction of sp³-hybridized carbons (Fsp3) is 0.462. The van der Waals surface area contributed by atoms with Gasteiger partial charge in [-0.3, -0.25) is 9.52 Å². The van der Waals surface area contributed by atoms with Crippen LogP contribution in [0.3, 0.4) is 0 Å². The lowest BCUT2D eigenvalue weighted by atomic mass is 10.1. The summed E-state index contributed by atoms with van der Waals surface area (Å²) in [4.78, 5) is 13.8. The zero-order valence-corrected chi connectivity index (χ0v) is 13.0. The minimum atomic E-state index is -3.36. The summed E-state index contributed by atoms with van der Waals surface area (Å²) in [5.41, 5.74) is 1.66. The number of nitrogens with zero attached hydrogens (tertiary/aromatic N) is 1. The molecular weight excluding hydrogens is 278 g/mol. The fourth-order valence-electron chi connectivity index (χ4n) is 1.67. The number of aryl methyl sites for hydroxylation is 1. The Hall–Kier alpha value is -1.60. The molecule has 0 fully saturated rings. The minimum Gasteiger partial charge on any atom is -0.340 e. The smallest absolute Gasteiger partial charge is 0.253 e. The Bertz CT molecular complexity index is 585. The van der Waals surface area contributed by atoms with E-state index in [1.165, 1.54) is 0 Å². The number of likely N-dealkylation sites (N-methyl/N-ethyl adjacent to an activating group) is 2. The summed E-state index contributed by atoms with van der Waals surface area (Å²) in [7, 11) is 0.168. The zero-order chi connectivity index (χ0) is 15.3. The van der Waals surface area contributed by atoms with Crippen LogP contribution in [0.15, 0.2) is 18.2 Å². The van der Waals surface area contributed by atoms with Crippen LogP contribution in [-0.2, 0) is 10.0 Å². The lowest BCUT2D eigenvalue weighted by Crippen LogP contribution is -2.32. The second-order valence-electron chi connectivity index (χ2n) is 4.73. The number of carbonyl (C=O) groups excluding carboxylic acids is 1. The van der Waals surface area contributed by atoms with Crippen molar-refractivity contribution in [2.24, 2.45) is 0 Å². The number of nitrogens with one attached hydrogen (secondary N) is 2. The highest BCUT2D eigenvalue weighted by molar-refractivity contribution is 7.92. The van der Waals surface area contributed by atoms with Gasteiger partial charge in [-0.25, -0.2) is 8.42 Å². The zero-order valence-electron chi connectivity index (χ0n) is 12.2. The van der Waals surface area contributed by atoms with Crippen molar-refractivity contribution in [3.05, 3.63) is 29.3 Å². The number of amides is 1. The van der Waals surface area contributed by atoms with E-state index in [0.29, 0.717) is 24.3 Å². The number of hydrogen-bond donors (Lipinski definition) is 2. The number of rotatable bonds is 6. The maximum atomic E-state index is 12.2. The Kier molecular flexibility index (Phi) is 5.52. The molecule has 20 heavy (non-hydrogen) atoms. The quantitative estimate of drug-likeness (QED) is 0.809. The van der Waals surface area contributed by atoms with Gasteiger partial charge >= 0.3 is 0 Å². The monoisotopic (exact) mass is 299 g/mol. The number of benzene rings is 1. The molecule has 0 heterocycles. The van der Waals surface area contributed by atoms with Crippen molar-refractivity contribution in [3.63, 3.8) is 0 Å². The molecule has 7 heteroatoms. The first-order chi connectivity index (χ1) is 9.24. The van der Waals surface area contributed by atoms with Crippen molar-refractivity contribution < 1.29 is 13.2 Å². The van der Waals surface area contributed by atoms with Gasteiger partial charge in [0, 0.05) is 25.7 Å². The summed E-state index contributed by atoms with van der Waals surface area (Å²) in [6.07, 6.45) is 1.08. The normalized spacial score (nSPS) is 11.2. The maximum Gasteiger partial charge on any atom is 0.253 e. The molecular formula is C13H21N3O3S. The van der Waals surface area contributed by atoms with Crippen LogP contribution in [0.2, 0.25) is 0 Å². The molecule has 0 aliphatic carbocycles. The van der Waals surface area contributed by atoms with Crippen molar-refractivity contribution in [3.8, 4) is 0 Å². The molecule has 6 nitrogen and oxygen atoms in total. The van der Waals surface area contributed by atoms with Gasteiger partial charge in [0.15, 0.2) is 0 Å². The molecule has 0 radical (unpaired) electrons. The Morgan fingerprint density at radius 1 is 1.35 bits per heavy atom. The van der Waals surface area contributed by atoms with Gasteiger partial charge in [-0.2, -0.15) is 0 Å². The topological polar surface area (TPSA) is 78.5 Å². The van der Waals surface area contributed by atoms with Crippen LogP contribution in [-0.4, -0.2) is 52.7 Å². The number of hydrogen-bond acceptors (Lipinski definition) is 4. The van der Waals surface area contributed by atoms with Crippen molar-refractivity contribution in [2.75, 3.05) is 38.2 Å². The Morgan fingerprint density at radius 3 is 2.55 bits per heavy atom. The molecule has 0 saturated heterocycles. The molecule has 0 unspecified atom stereocenters. The Morgan fingerprint density at radius 2 is 2.00 bits per heavy atom. The van der Waals surface area contributed by atoms with E-state index in [-0.39, 0.29) is 5.91 Å². The highest BCUT2D eigenvalue weighted by Crippen LogP contribution is 2.18. The van der Waals surface area contributed by atoms with Crippen LogP contribution >= 0.6 is 0 Å². The lowest BCUT2D eigenvalue weighted by molar-refractivity contribution is 0.0797. The third-order valence-corrected chi connectivity index (χ3v) is 3.41. The standard InChI is InChI=1S/C13H21N3O3S/c1-10-5-6-11(9-12(10)15-20(4,18)19)13(17)16(3)8-7-14-2/h5-6,9,14-15H,7-8H2,1-4H3. The highest BCUT2D eigenvalue weighted by atomic mass is 32.2. The Labute approximate surface area is 120 Å². The molecule has 0 aromatic heterocycles. The van der Waals surface area contributed by atoms with Crippen LogP contribution < -0.4 is 10.0 Å². The molecule has 0 atom stereocenters. The molecule has 0 spiro atoms. The third-order valence-electron chi connectivity index (χ3n) is 2.82. The van der Waals surface area contributed by atoms with Gasteiger partial charge in [-0.05, 0) is 31.7 Å². The second kappa shape index (κ2) is 6.71. The van der Waals surface area contributed by atoms with Crippen LogP contribution in [0.4, 0.5) is 5.69 Å². The lowest BCUT2D eigenvalue weighted by Gasteiger charge is -2.18. The molecule has 0 aliphatic heterocycles. The van der Waals surface area contributed by atoms with Crippen molar-refractivity contribution >= 4 is 21.6 Å². The molecule has 0 bridgehead atoms. The van der Waals surface area contributed by atoms with Gasteiger partial charge in [-0.15, -0.1) is 0 Å². The average Bonchev–Trinajstić information content (AvgIpc) is 2.36. The van der Waals surface area contributed by atoms with E-state index in [2.05, 4.69) is 10.0 Å². The summed E-state index contributed by atoms with van der Waals surface area (Å²) in [6.45, 7) is 3.06. The van der Waals surface area contributed by atoms with E-state index < -0.39 is 10.0 Å². The molecule has 1 aromatic carbocycles. The van der Waals surface area contributed by atoms with E-state index in [1.807, 2.05) is 7.05 Å². The van der Waals surface area contributed by atoms with E-state index in [1.54, 1.807) is 37.1 Å². The Balaban J connectivity index is 2.97. The fourth-order valence-corrected chi connectivity index (χ4v) is 2.29. The predicted octanol–water partition coefficient (Wildman–Crippen LogP) is 0.658. The van der Waals surface area contributed by atoms with Crippen LogP contribution in [0, 0.1) is 6.92 Å². The molecule has 1 rings (SSSR count). The summed E-state index contributed by atoms with van der Waals surface area (Å²) in [5.74, 6) is -0.142. The molecule has 1 aromatic rings. The maximum absolute atomic E-state index is 12.2. The van der Waals surface area contributed by atoms with Gasteiger partial charge in [-0.1, -0.05) is 6.07 Å². The molecule has 0 saturated carbocycles. The first kappa shape index (κ1) is 16.5. The number of carbonyl (C=O) groups is 1. The van der Waals surface area contributed by atoms with E-state index in [4.69, 9.17) is 0 Å². The van der Waals surface area contributed by atoms with Gasteiger partial charge in [0.2, 0.25) is 10.0 Å². The van der Waals surface area contributed by atoms with Crippen LogP contribution in [0.1, 0.15) is 15.9 Å². The van der Waals surface area contributed by atoms with Crippen molar-refractivity contribution in [2.45, 2.75) is 6.92 Å². The molecule has 1 amide bonds. The number of anilines is 1. The molecule has 0 aliphatic rings. The SMILES string of the molecule is CNCCN(C)C(=O)c1ccc(C)c(NS(C)(=O)=O)c1. The molecule has 2 N–H and O–H groups in total. The van der Waals surface area contributed by atoms with Crippen molar-refractivity contribution in [1.29, 1.82) is 0 Å². The summed E-state index contributed by atoms with van der Waals surface area (Å²) in [5, 5.41) is 2.97. The largest absolute Gasteiger partial charge is 0.340 e. The minimum absolute atomic E-state index is 0.142. The van der Waals surface area contributed by atoms with Crippen LogP contribution in [0.5, 0.6) is 0 Å². The van der Waals surface area contributed by atoms with E-state index in [9.17, 15) is 13.2 Å². The first-order valence-corrected chi connectivity index (χ1v) is 8.12. The number of sulfonamides is 1. The second-order valence-corrected chi connectivity index (χ2v) is 6.48. The summed E-state index contributed by atoms with van der Waals surface area (Å²) >= 11 is 0. The summed E-state index contributed by atoms with van der Waals surface area (Å²) < 4.78 is 25.0. The van der Waals surface area contributed by atoms with Gasteiger partial charge in [0.1, 0.15) is 0 Å².